The van der Waals surface area contributed by atoms with E-state index in [9.17, 15) is 4.79 Å². The molecule has 0 saturated carbocycles. The van der Waals surface area contributed by atoms with Gasteiger partial charge >= 0.3 is 0 Å². The average Bonchev–Trinajstić information content (AvgIpc) is 3.32. The van der Waals surface area contributed by atoms with Crippen molar-refractivity contribution in [3.05, 3.63) is 22.5 Å². The molecule has 0 spiro atoms. The largest absolute Gasteiger partial charge is 0.381 e. The van der Waals surface area contributed by atoms with Crippen molar-refractivity contribution in [3.8, 4) is 11.3 Å². The lowest BCUT2D eigenvalue weighted by Gasteiger charge is -2.24. The molecule has 1 fully saturated rings. The Labute approximate surface area is 137 Å². The predicted molar refractivity (Wildman–Crippen MR) is 83.8 cm³/mol. The van der Waals surface area contributed by atoms with Crippen LogP contribution in [0.1, 0.15) is 12.1 Å². The molecule has 7 nitrogen and oxygen atoms in total. The lowest BCUT2D eigenvalue weighted by atomic mass is 10.1. The zero-order valence-corrected chi connectivity index (χ0v) is 13.4. The van der Waals surface area contributed by atoms with Crippen LogP contribution in [0.2, 0.25) is 0 Å². The molecular formula is C15H18N4O3S. The van der Waals surface area contributed by atoms with Crippen LogP contribution in [-0.2, 0) is 27.4 Å². The molecule has 1 amide bonds. The molecule has 0 aliphatic carbocycles. The summed E-state index contributed by atoms with van der Waals surface area (Å²) in [6.07, 6.45) is 0.722. The molecule has 23 heavy (non-hydrogen) atoms. The first-order valence-electron chi connectivity index (χ1n) is 7.73. The fourth-order valence-corrected chi connectivity index (χ4v) is 3.55. The van der Waals surface area contributed by atoms with Crippen LogP contribution in [0.3, 0.4) is 0 Å². The number of carbonyl (C=O) groups is 1. The number of aromatic nitrogens is 3. The molecule has 0 radical (unpaired) electrons. The molecule has 0 unspecified atom stereocenters. The molecule has 2 atom stereocenters. The van der Waals surface area contributed by atoms with Crippen molar-refractivity contribution in [1.82, 2.24) is 20.3 Å². The number of hydrogen-bond acceptors (Lipinski definition) is 6. The Bertz CT molecular complexity index is 679. The van der Waals surface area contributed by atoms with Gasteiger partial charge in [0.2, 0.25) is 5.91 Å². The van der Waals surface area contributed by atoms with Crippen molar-refractivity contribution in [2.24, 2.45) is 5.92 Å². The SMILES string of the molecule is O=C(NC[C@@H]1Cn2nnc(-c3ccsc3)c2CO1)[C@@H]1CCOC1. The molecule has 2 aromatic rings. The molecule has 4 rings (SSSR count). The minimum atomic E-state index is -0.0780. The molecule has 4 heterocycles. The zero-order chi connectivity index (χ0) is 15.6. The Balaban J connectivity index is 1.37. The van der Waals surface area contributed by atoms with E-state index in [1.165, 1.54) is 0 Å². The van der Waals surface area contributed by atoms with Crippen LogP contribution in [0.4, 0.5) is 0 Å². The van der Waals surface area contributed by atoms with Crippen LogP contribution in [0.25, 0.3) is 11.3 Å². The third-order valence-corrected chi connectivity index (χ3v) is 4.95. The van der Waals surface area contributed by atoms with Gasteiger partial charge in [0.05, 0.1) is 37.5 Å². The summed E-state index contributed by atoms with van der Waals surface area (Å²) in [4.78, 5) is 12.0. The second kappa shape index (κ2) is 6.38. The summed E-state index contributed by atoms with van der Waals surface area (Å²) in [5.74, 6) is 0.0279. The van der Waals surface area contributed by atoms with E-state index in [1.54, 1.807) is 11.3 Å². The Hall–Kier alpha value is -1.77. The Morgan fingerprint density at radius 2 is 2.48 bits per heavy atom. The van der Waals surface area contributed by atoms with Crippen molar-refractivity contribution in [2.75, 3.05) is 19.8 Å². The number of hydrogen-bond donors (Lipinski definition) is 1. The summed E-state index contributed by atoms with van der Waals surface area (Å²) in [5.41, 5.74) is 2.96. The minimum absolute atomic E-state index is 0.0225. The standard InChI is InChI=1S/C15H18N4O3S/c20-15(10-1-3-21-7-10)16-5-12-6-19-13(8-22-12)14(17-18-19)11-2-4-23-9-11/h2,4,9-10,12H,1,3,5-8H2,(H,16,20)/t10-,12-/m1/s1. The first-order valence-corrected chi connectivity index (χ1v) is 8.67. The number of nitrogens with one attached hydrogen (secondary N) is 1. The van der Waals surface area contributed by atoms with Crippen LogP contribution in [0, 0.1) is 5.92 Å². The van der Waals surface area contributed by atoms with Crippen LogP contribution in [0.15, 0.2) is 16.8 Å². The highest BCUT2D eigenvalue weighted by Crippen LogP contribution is 2.26. The van der Waals surface area contributed by atoms with Crippen LogP contribution in [-0.4, -0.2) is 46.8 Å². The molecule has 1 N–H and O–H groups in total. The van der Waals surface area contributed by atoms with Gasteiger partial charge in [-0.2, -0.15) is 11.3 Å². The third-order valence-electron chi connectivity index (χ3n) is 4.27. The van der Waals surface area contributed by atoms with E-state index in [0.29, 0.717) is 32.9 Å². The highest BCUT2D eigenvalue weighted by atomic mass is 32.1. The van der Waals surface area contributed by atoms with Gasteiger partial charge in [-0.3, -0.25) is 4.79 Å². The highest BCUT2D eigenvalue weighted by Gasteiger charge is 2.27. The van der Waals surface area contributed by atoms with Crippen molar-refractivity contribution >= 4 is 17.2 Å². The fourth-order valence-electron chi connectivity index (χ4n) is 2.91. The maximum atomic E-state index is 12.0. The van der Waals surface area contributed by atoms with Crippen molar-refractivity contribution < 1.29 is 14.3 Å². The van der Waals surface area contributed by atoms with Crippen LogP contribution < -0.4 is 5.32 Å². The molecular weight excluding hydrogens is 316 g/mol. The second-order valence-electron chi connectivity index (χ2n) is 5.82. The van der Waals surface area contributed by atoms with E-state index in [0.717, 1.165) is 23.4 Å². The summed E-state index contributed by atoms with van der Waals surface area (Å²) in [6, 6.07) is 2.03. The van der Waals surface area contributed by atoms with Crippen molar-refractivity contribution in [2.45, 2.75) is 25.7 Å². The second-order valence-corrected chi connectivity index (χ2v) is 6.60. The van der Waals surface area contributed by atoms with Gasteiger partial charge in [-0.05, 0) is 17.9 Å². The van der Waals surface area contributed by atoms with Crippen LogP contribution >= 0.6 is 11.3 Å². The summed E-state index contributed by atoms with van der Waals surface area (Å²) in [5, 5.41) is 15.5. The highest BCUT2D eigenvalue weighted by molar-refractivity contribution is 7.08. The van der Waals surface area contributed by atoms with Gasteiger partial charge in [0.1, 0.15) is 5.69 Å². The van der Waals surface area contributed by atoms with Gasteiger partial charge in [-0.25, -0.2) is 4.68 Å². The maximum absolute atomic E-state index is 12.0. The van der Waals surface area contributed by atoms with Crippen molar-refractivity contribution in [1.29, 1.82) is 0 Å². The number of nitrogens with zero attached hydrogens (tertiary/aromatic N) is 3. The maximum Gasteiger partial charge on any atom is 0.225 e. The summed E-state index contributed by atoms with van der Waals surface area (Å²) >= 11 is 1.64. The van der Waals surface area contributed by atoms with Gasteiger partial charge in [0.25, 0.3) is 0 Å². The average molecular weight is 334 g/mol. The summed E-state index contributed by atoms with van der Waals surface area (Å²) < 4.78 is 13.0. The molecule has 122 valence electrons. The van der Waals surface area contributed by atoms with E-state index < -0.39 is 0 Å². The monoisotopic (exact) mass is 334 g/mol. The first kappa shape index (κ1) is 14.8. The molecule has 0 bridgehead atoms. The van der Waals surface area contributed by atoms with Gasteiger partial charge in [-0.1, -0.05) is 5.21 Å². The van der Waals surface area contributed by atoms with E-state index in [4.69, 9.17) is 9.47 Å². The third kappa shape index (κ3) is 3.01. The zero-order valence-electron chi connectivity index (χ0n) is 12.6. The van der Waals surface area contributed by atoms with Gasteiger partial charge < -0.3 is 14.8 Å². The molecule has 1 saturated heterocycles. The molecule has 2 aromatic heterocycles. The summed E-state index contributed by atoms with van der Waals surface area (Å²) in [7, 11) is 0. The number of rotatable bonds is 4. The topological polar surface area (TPSA) is 78.3 Å². The molecule has 2 aliphatic heterocycles. The Morgan fingerprint density at radius 1 is 1.52 bits per heavy atom. The smallest absolute Gasteiger partial charge is 0.225 e. The van der Waals surface area contributed by atoms with E-state index >= 15 is 0 Å². The first-order chi connectivity index (χ1) is 11.3. The lowest BCUT2D eigenvalue weighted by molar-refractivity contribution is -0.126. The minimum Gasteiger partial charge on any atom is -0.381 e. The summed E-state index contributed by atoms with van der Waals surface area (Å²) in [6.45, 7) is 2.75. The predicted octanol–water partition coefficient (Wildman–Crippen LogP) is 1.06. The number of carbonyl (C=O) groups excluding carboxylic acids is 1. The van der Waals surface area contributed by atoms with Gasteiger partial charge in [0.15, 0.2) is 0 Å². The molecule has 0 aromatic carbocycles. The molecule has 8 heteroatoms. The molecule has 2 aliphatic rings. The quantitative estimate of drug-likeness (QED) is 0.904. The lowest BCUT2D eigenvalue weighted by Crippen LogP contribution is -2.41. The fraction of sp³-hybridized carbons (Fsp3) is 0.533. The number of amides is 1. The van der Waals surface area contributed by atoms with E-state index in [2.05, 4.69) is 21.0 Å². The van der Waals surface area contributed by atoms with Crippen molar-refractivity contribution in [3.63, 3.8) is 0 Å². The Kier molecular flexibility index (Phi) is 4.11. The van der Waals surface area contributed by atoms with E-state index in [1.807, 2.05) is 16.1 Å². The number of thiophene rings is 1. The Morgan fingerprint density at radius 3 is 3.26 bits per heavy atom. The van der Waals surface area contributed by atoms with Gasteiger partial charge in [-0.15, -0.1) is 5.10 Å². The normalized spacial score (nSPS) is 23.7. The van der Waals surface area contributed by atoms with Crippen LogP contribution in [0.5, 0.6) is 0 Å². The van der Waals surface area contributed by atoms with E-state index in [-0.39, 0.29) is 17.9 Å². The number of fused-ring (bicyclic) bond motifs is 1. The van der Waals surface area contributed by atoms with Gasteiger partial charge in [0, 0.05) is 24.1 Å². The number of ether oxygens (including phenoxy) is 2.